The number of hydrogen-bond donors (Lipinski definition) is 1. The van der Waals surface area contributed by atoms with E-state index in [0.717, 1.165) is 22.9 Å². The number of rotatable bonds is 5. The summed E-state index contributed by atoms with van der Waals surface area (Å²) in [6.07, 6.45) is -4.05. The van der Waals surface area contributed by atoms with E-state index < -0.39 is 11.7 Å². The van der Waals surface area contributed by atoms with Gasteiger partial charge in [-0.05, 0) is 43.4 Å². The second-order valence-electron chi connectivity index (χ2n) is 6.99. The van der Waals surface area contributed by atoms with E-state index in [4.69, 9.17) is 0 Å². The average Bonchev–Trinajstić information content (AvgIpc) is 2.68. The Labute approximate surface area is 168 Å². The van der Waals surface area contributed by atoms with E-state index in [-0.39, 0.29) is 12.1 Å². The summed E-state index contributed by atoms with van der Waals surface area (Å²) in [6, 6.07) is 18.2. The van der Waals surface area contributed by atoms with Crippen LogP contribution in [0.25, 0.3) is 10.8 Å². The number of nitrogens with zero attached hydrogens (tertiary/aromatic N) is 1. The Morgan fingerprint density at radius 1 is 1.03 bits per heavy atom. The highest BCUT2D eigenvalue weighted by Crippen LogP contribution is 2.30. The number of amides is 2. The van der Waals surface area contributed by atoms with Gasteiger partial charge in [0.25, 0.3) is 0 Å². The summed E-state index contributed by atoms with van der Waals surface area (Å²) in [5.74, 6) is 0. The molecule has 0 heterocycles. The number of urea groups is 1. The lowest BCUT2D eigenvalue weighted by Crippen LogP contribution is -2.42. The minimum absolute atomic E-state index is 0.265. The summed E-state index contributed by atoms with van der Waals surface area (Å²) in [4.78, 5) is 14.5. The molecule has 2 amide bonds. The predicted octanol–water partition coefficient (Wildman–Crippen LogP) is 6.34. The van der Waals surface area contributed by atoms with Crippen molar-refractivity contribution in [3.05, 3.63) is 77.9 Å². The Hall–Kier alpha value is -3.02. The molecular weight excluding hydrogens is 377 g/mol. The van der Waals surface area contributed by atoms with Crippen molar-refractivity contribution >= 4 is 22.5 Å². The molecule has 3 nitrogen and oxygen atoms in total. The van der Waals surface area contributed by atoms with Gasteiger partial charge in [-0.3, -0.25) is 0 Å². The molecular formula is C23H23F3N2O. The van der Waals surface area contributed by atoms with Crippen molar-refractivity contribution in [1.82, 2.24) is 4.90 Å². The van der Waals surface area contributed by atoms with Crippen LogP contribution in [0.15, 0.2) is 66.7 Å². The number of alkyl halides is 3. The molecule has 3 rings (SSSR count). The standard InChI is InChI=1S/C23H23F3N2O/c1-3-28(16(2)14-17-8-6-11-19(15-17)23(24,25)26)22(29)27-21-13-7-10-18-9-4-5-12-20(18)21/h4-13,15-16H,3,14H2,1-2H3,(H,27,29)/t16-/m1/s1. The van der Waals surface area contributed by atoms with Crippen LogP contribution in [0.2, 0.25) is 0 Å². The number of likely N-dealkylation sites (N-methyl/N-ethyl adjacent to an activating group) is 1. The molecule has 1 N–H and O–H groups in total. The summed E-state index contributed by atoms with van der Waals surface area (Å²) in [5.41, 5.74) is 0.576. The number of carbonyl (C=O) groups excluding carboxylic acids is 1. The molecule has 1 atom stereocenters. The van der Waals surface area contributed by atoms with Crippen molar-refractivity contribution in [2.45, 2.75) is 32.5 Å². The van der Waals surface area contributed by atoms with Crippen LogP contribution in [0.4, 0.5) is 23.7 Å². The normalized spacial score (nSPS) is 12.6. The van der Waals surface area contributed by atoms with Crippen LogP contribution in [0.1, 0.15) is 25.0 Å². The molecule has 0 fully saturated rings. The molecule has 0 aliphatic carbocycles. The predicted molar refractivity (Wildman–Crippen MR) is 110 cm³/mol. The highest BCUT2D eigenvalue weighted by Gasteiger charge is 2.30. The minimum atomic E-state index is -4.38. The molecule has 0 unspecified atom stereocenters. The van der Waals surface area contributed by atoms with Crippen LogP contribution in [-0.2, 0) is 12.6 Å². The fourth-order valence-corrected chi connectivity index (χ4v) is 3.50. The lowest BCUT2D eigenvalue weighted by Gasteiger charge is -2.29. The number of fused-ring (bicyclic) bond motifs is 1. The van der Waals surface area contributed by atoms with Crippen molar-refractivity contribution in [2.75, 3.05) is 11.9 Å². The third-order valence-corrected chi connectivity index (χ3v) is 4.95. The number of carbonyl (C=O) groups is 1. The molecule has 0 bridgehead atoms. The van der Waals surface area contributed by atoms with E-state index in [1.165, 1.54) is 6.07 Å². The van der Waals surface area contributed by atoms with Crippen LogP contribution < -0.4 is 5.32 Å². The molecule has 0 aliphatic heterocycles. The molecule has 6 heteroatoms. The lowest BCUT2D eigenvalue weighted by molar-refractivity contribution is -0.137. The summed E-state index contributed by atoms with van der Waals surface area (Å²) in [7, 11) is 0. The average molecular weight is 400 g/mol. The second-order valence-corrected chi connectivity index (χ2v) is 6.99. The number of nitrogens with one attached hydrogen (secondary N) is 1. The Bertz CT molecular complexity index is 995. The monoisotopic (exact) mass is 400 g/mol. The first-order valence-electron chi connectivity index (χ1n) is 9.51. The smallest absolute Gasteiger partial charge is 0.322 e. The van der Waals surface area contributed by atoms with E-state index in [0.29, 0.717) is 24.2 Å². The number of anilines is 1. The van der Waals surface area contributed by atoms with Crippen molar-refractivity contribution in [2.24, 2.45) is 0 Å². The Kier molecular flexibility index (Phi) is 6.11. The minimum Gasteiger partial charge on any atom is -0.322 e. The van der Waals surface area contributed by atoms with E-state index >= 15 is 0 Å². The van der Waals surface area contributed by atoms with Crippen LogP contribution in [0.5, 0.6) is 0 Å². The Morgan fingerprint density at radius 2 is 1.72 bits per heavy atom. The van der Waals surface area contributed by atoms with Crippen LogP contribution in [-0.4, -0.2) is 23.5 Å². The lowest BCUT2D eigenvalue weighted by atomic mass is 10.0. The van der Waals surface area contributed by atoms with Gasteiger partial charge in [0, 0.05) is 18.0 Å². The third-order valence-electron chi connectivity index (χ3n) is 4.95. The summed E-state index contributed by atoms with van der Waals surface area (Å²) < 4.78 is 38.9. The fraction of sp³-hybridized carbons (Fsp3) is 0.261. The van der Waals surface area contributed by atoms with Crippen LogP contribution in [0, 0.1) is 0 Å². The van der Waals surface area contributed by atoms with Crippen molar-refractivity contribution in [1.29, 1.82) is 0 Å². The van der Waals surface area contributed by atoms with Gasteiger partial charge in [0.15, 0.2) is 0 Å². The van der Waals surface area contributed by atoms with Gasteiger partial charge < -0.3 is 10.2 Å². The zero-order valence-electron chi connectivity index (χ0n) is 16.3. The second kappa shape index (κ2) is 8.55. The van der Waals surface area contributed by atoms with Gasteiger partial charge in [-0.1, -0.05) is 54.6 Å². The first kappa shape index (κ1) is 20.7. The topological polar surface area (TPSA) is 32.3 Å². The van der Waals surface area contributed by atoms with Crippen LogP contribution in [0.3, 0.4) is 0 Å². The first-order chi connectivity index (χ1) is 13.8. The van der Waals surface area contributed by atoms with Gasteiger partial charge in [-0.2, -0.15) is 13.2 Å². The van der Waals surface area contributed by atoms with Crippen molar-refractivity contribution in [3.8, 4) is 0 Å². The molecule has 0 aromatic heterocycles. The zero-order chi connectivity index (χ0) is 21.0. The summed E-state index contributed by atoms with van der Waals surface area (Å²) in [5, 5.41) is 4.90. The molecule has 0 saturated heterocycles. The first-order valence-corrected chi connectivity index (χ1v) is 9.51. The van der Waals surface area contributed by atoms with Gasteiger partial charge in [0.2, 0.25) is 0 Å². The highest BCUT2D eigenvalue weighted by molar-refractivity contribution is 6.01. The largest absolute Gasteiger partial charge is 0.416 e. The molecule has 0 spiro atoms. The summed E-state index contributed by atoms with van der Waals surface area (Å²) in [6.45, 7) is 4.13. The maximum Gasteiger partial charge on any atom is 0.416 e. The molecule has 29 heavy (non-hydrogen) atoms. The Balaban J connectivity index is 1.75. The maximum atomic E-state index is 13.0. The maximum absolute atomic E-state index is 13.0. The van der Waals surface area contributed by atoms with Gasteiger partial charge >= 0.3 is 12.2 Å². The molecule has 152 valence electrons. The van der Waals surface area contributed by atoms with Gasteiger partial charge in [-0.15, -0.1) is 0 Å². The van der Waals surface area contributed by atoms with Crippen LogP contribution >= 0.6 is 0 Å². The SMILES string of the molecule is CCN(C(=O)Nc1cccc2ccccc12)[C@H](C)Cc1cccc(C(F)(F)F)c1. The van der Waals surface area contributed by atoms with Gasteiger partial charge in [0.1, 0.15) is 0 Å². The summed E-state index contributed by atoms with van der Waals surface area (Å²) >= 11 is 0. The highest BCUT2D eigenvalue weighted by atomic mass is 19.4. The van der Waals surface area contributed by atoms with E-state index in [9.17, 15) is 18.0 Å². The third kappa shape index (κ3) is 4.88. The number of benzene rings is 3. The molecule has 0 saturated carbocycles. The van der Waals surface area contributed by atoms with E-state index in [1.807, 2.05) is 56.3 Å². The zero-order valence-corrected chi connectivity index (χ0v) is 16.3. The fourth-order valence-electron chi connectivity index (χ4n) is 3.50. The van der Waals surface area contributed by atoms with Gasteiger partial charge in [0.05, 0.1) is 11.3 Å². The van der Waals surface area contributed by atoms with E-state index in [2.05, 4.69) is 5.32 Å². The van der Waals surface area contributed by atoms with Crippen molar-refractivity contribution < 1.29 is 18.0 Å². The Morgan fingerprint density at radius 3 is 2.45 bits per heavy atom. The number of halogens is 3. The molecule has 3 aromatic carbocycles. The quantitative estimate of drug-likeness (QED) is 0.532. The van der Waals surface area contributed by atoms with E-state index in [1.54, 1.807) is 11.0 Å². The molecule has 0 aliphatic rings. The molecule has 3 aromatic rings. The molecule has 0 radical (unpaired) electrons. The van der Waals surface area contributed by atoms with Crippen molar-refractivity contribution in [3.63, 3.8) is 0 Å². The van der Waals surface area contributed by atoms with Gasteiger partial charge in [-0.25, -0.2) is 4.79 Å². The number of hydrogen-bond acceptors (Lipinski definition) is 1.